The lowest BCUT2D eigenvalue weighted by Gasteiger charge is -2.12. The van der Waals surface area contributed by atoms with Crippen LogP contribution in [0.25, 0.3) is 10.9 Å². The summed E-state index contributed by atoms with van der Waals surface area (Å²) in [6, 6.07) is 25.1. The second-order valence-electron chi connectivity index (χ2n) is 6.69. The average molecular weight is 381 g/mol. The molecule has 0 aliphatic rings. The predicted octanol–water partition coefficient (Wildman–Crippen LogP) is 4.97. The number of aromatic nitrogens is 1. The number of carbonyl (C=O) groups is 2. The van der Waals surface area contributed by atoms with Crippen LogP contribution in [0.2, 0.25) is 0 Å². The molecule has 0 saturated carbocycles. The SMILES string of the molecule is CC(=N)c1c(NC(=O)c2ccccc2)n(C(=O)c2ccccc2)c2ccccc12. The molecule has 0 radical (unpaired) electrons. The topological polar surface area (TPSA) is 75.0 Å². The van der Waals surface area contributed by atoms with Crippen molar-refractivity contribution in [2.24, 2.45) is 0 Å². The van der Waals surface area contributed by atoms with Gasteiger partial charge in [-0.05, 0) is 37.3 Å². The zero-order valence-electron chi connectivity index (χ0n) is 15.8. The van der Waals surface area contributed by atoms with Gasteiger partial charge in [0.1, 0.15) is 5.82 Å². The van der Waals surface area contributed by atoms with Crippen LogP contribution in [0.3, 0.4) is 0 Å². The maximum Gasteiger partial charge on any atom is 0.264 e. The molecule has 0 saturated heterocycles. The third-order valence-corrected chi connectivity index (χ3v) is 4.74. The first-order valence-electron chi connectivity index (χ1n) is 9.23. The van der Waals surface area contributed by atoms with Gasteiger partial charge in [0.15, 0.2) is 0 Å². The average Bonchev–Trinajstić information content (AvgIpc) is 3.08. The van der Waals surface area contributed by atoms with Crippen LogP contribution < -0.4 is 5.32 Å². The number of carbonyl (C=O) groups excluding carboxylic acids is 2. The van der Waals surface area contributed by atoms with E-state index in [1.165, 1.54) is 4.57 Å². The first-order valence-corrected chi connectivity index (χ1v) is 9.23. The molecule has 5 nitrogen and oxygen atoms in total. The minimum Gasteiger partial charge on any atom is -0.307 e. The number of para-hydroxylation sites is 1. The summed E-state index contributed by atoms with van der Waals surface area (Å²) in [5, 5.41) is 11.9. The summed E-state index contributed by atoms with van der Waals surface area (Å²) in [5.74, 6) is -0.294. The van der Waals surface area contributed by atoms with Crippen LogP contribution in [-0.4, -0.2) is 22.1 Å². The van der Waals surface area contributed by atoms with Gasteiger partial charge in [-0.1, -0.05) is 54.6 Å². The van der Waals surface area contributed by atoms with E-state index in [1.807, 2.05) is 36.4 Å². The number of nitrogens with zero attached hydrogens (tertiary/aromatic N) is 1. The second kappa shape index (κ2) is 7.56. The van der Waals surface area contributed by atoms with Crippen molar-refractivity contribution < 1.29 is 9.59 Å². The molecule has 0 aliphatic carbocycles. The van der Waals surface area contributed by atoms with E-state index in [-0.39, 0.29) is 17.5 Å². The number of hydrogen-bond acceptors (Lipinski definition) is 3. The van der Waals surface area contributed by atoms with Crippen molar-refractivity contribution >= 4 is 34.2 Å². The number of amides is 1. The lowest BCUT2D eigenvalue weighted by atomic mass is 10.1. The summed E-state index contributed by atoms with van der Waals surface area (Å²) in [6.07, 6.45) is 0. The summed E-state index contributed by atoms with van der Waals surface area (Å²) in [6.45, 7) is 1.65. The first-order chi connectivity index (χ1) is 14.1. The summed E-state index contributed by atoms with van der Waals surface area (Å²) >= 11 is 0. The Morgan fingerprint density at radius 3 is 1.97 bits per heavy atom. The van der Waals surface area contributed by atoms with Crippen molar-refractivity contribution in [3.63, 3.8) is 0 Å². The Labute approximate surface area is 168 Å². The molecule has 1 aromatic heterocycles. The molecule has 5 heteroatoms. The van der Waals surface area contributed by atoms with Gasteiger partial charge in [0.25, 0.3) is 11.8 Å². The molecule has 3 aromatic carbocycles. The van der Waals surface area contributed by atoms with E-state index in [4.69, 9.17) is 5.41 Å². The fraction of sp³-hybridized carbons (Fsp3) is 0.0417. The zero-order chi connectivity index (χ0) is 20.4. The lowest BCUT2D eigenvalue weighted by Crippen LogP contribution is -2.21. The van der Waals surface area contributed by atoms with Crippen LogP contribution in [0.5, 0.6) is 0 Å². The van der Waals surface area contributed by atoms with Crippen LogP contribution in [0.1, 0.15) is 33.2 Å². The summed E-state index contributed by atoms with van der Waals surface area (Å²) in [5.41, 5.74) is 2.42. The van der Waals surface area contributed by atoms with Gasteiger partial charge in [-0.2, -0.15) is 0 Å². The highest BCUT2D eigenvalue weighted by atomic mass is 16.2. The first kappa shape index (κ1) is 18.4. The fourth-order valence-corrected chi connectivity index (χ4v) is 3.43. The Bertz CT molecular complexity index is 1230. The number of rotatable bonds is 4. The number of nitrogens with one attached hydrogen (secondary N) is 2. The monoisotopic (exact) mass is 381 g/mol. The van der Waals surface area contributed by atoms with Crippen molar-refractivity contribution in [1.29, 1.82) is 5.41 Å². The van der Waals surface area contributed by atoms with Crippen molar-refractivity contribution in [1.82, 2.24) is 4.57 Å². The van der Waals surface area contributed by atoms with Crippen LogP contribution >= 0.6 is 0 Å². The number of hydrogen-bond donors (Lipinski definition) is 2. The lowest BCUT2D eigenvalue weighted by molar-refractivity contribution is 0.0967. The van der Waals surface area contributed by atoms with Crippen molar-refractivity contribution in [3.8, 4) is 0 Å². The van der Waals surface area contributed by atoms with Gasteiger partial charge in [-0.25, -0.2) is 0 Å². The van der Waals surface area contributed by atoms with Crippen LogP contribution in [0.15, 0.2) is 84.9 Å². The maximum absolute atomic E-state index is 13.4. The standard InChI is InChI=1S/C24H19N3O2/c1-16(25)21-19-14-8-9-15-20(19)27(24(29)18-12-6-3-7-13-18)22(21)26-23(28)17-10-4-2-5-11-17/h2-15,25H,1H3,(H,26,28). The third kappa shape index (κ3) is 3.34. The van der Waals surface area contributed by atoms with Crippen molar-refractivity contribution in [2.75, 3.05) is 5.32 Å². The Balaban J connectivity index is 1.94. The van der Waals surface area contributed by atoms with Gasteiger partial charge in [0.05, 0.1) is 5.52 Å². The summed E-state index contributed by atoms with van der Waals surface area (Å²) in [7, 11) is 0. The highest BCUT2D eigenvalue weighted by molar-refractivity contribution is 6.20. The predicted molar refractivity (Wildman–Crippen MR) is 115 cm³/mol. The van der Waals surface area contributed by atoms with Gasteiger partial charge in [0, 0.05) is 27.8 Å². The molecule has 0 fully saturated rings. The highest BCUT2D eigenvalue weighted by Gasteiger charge is 2.24. The summed E-state index contributed by atoms with van der Waals surface area (Å²) < 4.78 is 1.48. The van der Waals surface area contributed by atoms with E-state index in [0.29, 0.717) is 28.0 Å². The zero-order valence-corrected chi connectivity index (χ0v) is 15.8. The molecule has 0 unspecified atom stereocenters. The fourth-order valence-electron chi connectivity index (χ4n) is 3.43. The van der Waals surface area contributed by atoms with Crippen molar-refractivity contribution in [2.45, 2.75) is 6.92 Å². The van der Waals surface area contributed by atoms with E-state index in [2.05, 4.69) is 5.32 Å². The number of anilines is 1. The van der Waals surface area contributed by atoms with Gasteiger partial charge < -0.3 is 10.7 Å². The second-order valence-corrected chi connectivity index (χ2v) is 6.69. The van der Waals surface area contributed by atoms with E-state index in [9.17, 15) is 9.59 Å². The van der Waals surface area contributed by atoms with Crippen molar-refractivity contribution in [3.05, 3.63) is 102 Å². The molecular formula is C24H19N3O2. The van der Waals surface area contributed by atoms with E-state index in [0.717, 1.165) is 5.39 Å². The largest absolute Gasteiger partial charge is 0.307 e. The van der Waals surface area contributed by atoms with Crippen LogP contribution in [0, 0.1) is 5.41 Å². The Morgan fingerprint density at radius 1 is 0.793 bits per heavy atom. The molecule has 0 atom stereocenters. The summed E-state index contributed by atoms with van der Waals surface area (Å²) in [4.78, 5) is 26.2. The molecule has 29 heavy (non-hydrogen) atoms. The Morgan fingerprint density at radius 2 is 1.34 bits per heavy atom. The normalized spacial score (nSPS) is 10.7. The highest BCUT2D eigenvalue weighted by Crippen LogP contribution is 2.32. The molecule has 0 bridgehead atoms. The number of fused-ring (bicyclic) bond motifs is 1. The van der Waals surface area contributed by atoms with E-state index < -0.39 is 0 Å². The molecule has 1 heterocycles. The molecule has 2 N–H and O–H groups in total. The number of benzene rings is 3. The minimum atomic E-state index is -0.335. The quantitative estimate of drug-likeness (QED) is 0.490. The minimum absolute atomic E-state index is 0.266. The third-order valence-electron chi connectivity index (χ3n) is 4.74. The molecule has 1 amide bonds. The van der Waals surface area contributed by atoms with Gasteiger partial charge in [-0.15, -0.1) is 0 Å². The molecule has 4 rings (SSSR count). The molecule has 0 spiro atoms. The molecule has 4 aromatic rings. The smallest absolute Gasteiger partial charge is 0.264 e. The molecule has 142 valence electrons. The maximum atomic E-state index is 13.4. The van der Waals surface area contributed by atoms with Crippen LogP contribution in [0.4, 0.5) is 5.82 Å². The Kier molecular flexibility index (Phi) is 4.79. The van der Waals surface area contributed by atoms with E-state index >= 15 is 0 Å². The van der Waals surface area contributed by atoms with Gasteiger partial charge >= 0.3 is 0 Å². The Hall–Kier alpha value is -3.99. The van der Waals surface area contributed by atoms with E-state index in [1.54, 1.807) is 55.5 Å². The van der Waals surface area contributed by atoms with Crippen LogP contribution in [-0.2, 0) is 0 Å². The molecular weight excluding hydrogens is 362 g/mol. The van der Waals surface area contributed by atoms with Gasteiger partial charge in [-0.3, -0.25) is 14.2 Å². The van der Waals surface area contributed by atoms with Gasteiger partial charge in [0.2, 0.25) is 0 Å². The molecule has 0 aliphatic heterocycles.